The van der Waals surface area contributed by atoms with Crippen molar-refractivity contribution in [3.8, 4) is 5.95 Å². The van der Waals surface area contributed by atoms with Crippen LogP contribution in [0, 0.1) is 5.92 Å². The first-order valence-electron chi connectivity index (χ1n) is 7.12. The summed E-state index contributed by atoms with van der Waals surface area (Å²) in [6.07, 6.45) is 8.07. The first-order valence-corrected chi connectivity index (χ1v) is 7.12. The van der Waals surface area contributed by atoms with Gasteiger partial charge in [0.2, 0.25) is 17.8 Å². The zero-order valence-electron chi connectivity index (χ0n) is 11.8. The average molecular weight is 289 g/mol. The van der Waals surface area contributed by atoms with E-state index in [4.69, 9.17) is 10.8 Å². The molecule has 3 rings (SSSR count). The highest BCUT2D eigenvalue weighted by atomic mass is 16.3. The Morgan fingerprint density at radius 2 is 2.14 bits per heavy atom. The minimum absolute atomic E-state index is 0.202. The average Bonchev–Trinajstić information content (AvgIpc) is 3.01. The first kappa shape index (κ1) is 13.7. The normalized spacial score (nSPS) is 18.9. The zero-order chi connectivity index (χ0) is 14.7. The van der Waals surface area contributed by atoms with Gasteiger partial charge in [-0.05, 0) is 25.2 Å². The van der Waals surface area contributed by atoms with E-state index in [1.807, 2.05) is 0 Å². The molecule has 21 heavy (non-hydrogen) atoms. The summed E-state index contributed by atoms with van der Waals surface area (Å²) in [5, 5.41) is 9.10. The second-order valence-electron chi connectivity index (χ2n) is 5.23. The lowest BCUT2D eigenvalue weighted by Crippen LogP contribution is -2.37. The van der Waals surface area contributed by atoms with Crippen LogP contribution in [0.3, 0.4) is 0 Å². The van der Waals surface area contributed by atoms with Crippen LogP contribution < -0.4 is 10.6 Å². The summed E-state index contributed by atoms with van der Waals surface area (Å²) in [7, 11) is 0. The molecule has 0 aromatic carbocycles. The molecule has 8 heteroatoms. The lowest BCUT2D eigenvalue weighted by molar-refractivity contribution is 0.244. The van der Waals surface area contributed by atoms with Gasteiger partial charge in [0.1, 0.15) is 6.33 Å². The van der Waals surface area contributed by atoms with Crippen molar-refractivity contribution in [3.63, 3.8) is 0 Å². The summed E-state index contributed by atoms with van der Waals surface area (Å²) in [5.74, 6) is 1.74. The fourth-order valence-corrected chi connectivity index (χ4v) is 2.67. The third-order valence-corrected chi connectivity index (χ3v) is 3.70. The Bertz CT molecular complexity index is 584. The number of hydrogen-bond donors (Lipinski definition) is 2. The maximum atomic E-state index is 9.10. The number of aliphatic hydroxyl groups is 1. The van der Waals surface area contributed by atoms with Gasteiger partial charge in [0.15, 0.2) is 0 Å². The number of aromatic nitrogens is 5. The Balaban J connectivity index is 1.84. The Morgan fingerprint density at radius 1 is 1.29 bits per heavy atom. The summed E-state index contributed by atoms with van der Waals surface area (Å²) in [4.78, 5) is 19.0. The standard InChI is InChI=1S/C13H19N7O/c14-11-16-12(18-13(17-11)20-6-4-15-9-20)19-5-1-2-10(8-19)3-7-21/h4,6,9-10,21H,1-3,5,7-8H2,(H2,14,16,17,18). The summed E-state index contributed by atoms with van der Waals surface area (Å²) in [5.41, 5.74) is 5.80. The molecule has 2 aromatic heterocycles. The Hall–Kier alpha value is -2.22. The molecule has 1 aliphatic heterocycles. The van der Waals surface area contributed by atoms with E-state index >= 15 is 0 Å². The molecule has 0 bridgehead atoms. The van der Waals surface area contributed by atoms with Crippen molar-refractivity contribution in [2.24, 2.45) is 5.92 Å². The number of rotatable bonds is 4. The van der Waals surface area contributed by atoms with E-state index in [9.17, 15) is 0 Å². The molecule has 112 valence electrons. The van der Waals surface area contributed by atoms with Gasteiger partial charge in [-0.1, -0.05) is 0 Å². The van der Waals surface area contributed by atoms with Crippen molar-refractivity contribution in [1.29, 1.82) is 0 Å². The SMILES string of the molecule is Nc1nc(N2CCCC(CCO)C2)nc(-n2ccnc2)n1. The van der Waals surface area contributed by atoms with Crippen molar-refractivity contribution < 1.29 is 5.11 Å². The Labute approximate surface area is 122 Å². The van der Waals surface area contributed by atoms with Gasteiger partial charge < -0.3 is 15.7 Å². The van der Waals surface area contributed by atoms with Crippen molar-refractivity contribution in [2.45, 2.75) is 19.3 Å². The molecule has 0 saturated carbocycles. The van der Waals surface area contributed by atoms with E-state index in [0.717, 1.165) is 32.4 Å². The van der Waals surface area contributed by atoms with Gasteiger partial charge in [-0.25, -0.2) is 4.98 Å². The van der Waals surface area contributed by atoms with E-state index in [2.05, 4.69) is 24.8 Å². The lowest BCUT2D eigenvalue weighted by atomic mass is 9.95. The van der Waals surface area contributed by atoms with Crippen molar-refractivity contribution >= 4 is 11.9 Å². The van der Waals surface area contributed by atoms with Crippen LogP contribution in [0.25, 0.3) is 5.95 Å². The zero-order valence-corrected chi connectivity index (χ0v) is 11.8. The van der Waals surface area contributed by atoms with Gasteiger partial charge in [-0.3, -0.25) is 4.57 Å². The molecule has 1 aliphatic rings. The predicted octanol–water partition coefficient (Wildman–Crippen LogP) is 0.238. The summed E-state index contributed by atoms with van der Waals surface area (Å²) >= 11 is 0. The largest absolute Gasteiger partial charge is 0.396 e. The molecule has 0 spiro atoms. The maximum Gasteiger partial charge on any atom is 0.241 e. The van der Waals surface area contributed by atoms with Crippen LogP contribution in [0.2, 0.25) is 0 Å². The van der Waals surface area contributed by atoms with Crippen molar-refractivity contribution in [1.82, 2.24) is 24.5 Å². The molecule has 1 unspecified atom stereocenters. The molecular formula is C13H19N7O. The van der Waals surface area contributed by atoms with Gasteiger partial charge in [-0.15, -0.1) is 0 Å². The third-order valence-electron chi connectivity index (χ3n) is 3.70. The van der Waals surface area contributed by atoms with Crippen LogP contribution in [0.4, 0.5) is 11.9 Å². The van der Waals surface area contributed by atoms with Crippen LogP contribution in [-0.2, 0) is 0 Å². The molecule has 2 aromatic rings. The number of aliphatic hydroxyl groups excluding tert-OH is 1. The number of anilines is 2. The smallest absolute Gasteiger partial charge is 0.241 e. The Kier molecular flexibility index (Phi) is 3.96. The van der Waals surface area contributed by atoms with Crippen LogP contribution in [0.15, 0.2) is 18.7 Å². The quantitative estimate of drug-likeness (QED) is 0.830. The number of hydrogen-bond acceptors (Lipinski definition) is 7. The fraction of sp³-hybridized carbons (Fsp3) is 0.538. The van der Waals surface area contributed by atoms with Crippen molar-refractivity contribution in [2.75, 3.05) is 30.3 Å². The number of nitrogen functional groups attached to an aromatic ring is 1. The predicted molar refractivity (Wildman–Crippen MR) is 78.0 cm³/mol. The van der Waals surface area contributed by atoms with Gasteiger partial charge in [0.05, 0.1) is 0 Å². The molecule has 1 fully saturated rings. The molecule has 0 radical (unpaired) electrons. The molecule has 3 N–H and O–H groups in total. The van der Waals surface area contributed by atoms with Crippen LogP contribution in [0.5, 0.6) is 0 Å². The summed E-state index contributed by atoms with van der Waals surface area (Å²) < 4.78 is 1.71. The van der Waals surface area contributed by atoms with Crippen molar-refractivity contribution in [3.05, 3.63) is 18.7 Å². The van der Waals surface area contributed by atoms with Crippen LogP contribution >= 0.6 is 0 Å². The second-order valence-corrected chi connectivity index (χ2v) is 5.23. The lowest BCUT2D eigenvalue weighted by Gasteiger charge is -2.32. The number of nitrogens with zero attached hydrogens (tertiary/aromatic N) is 6. The third kappa shape index (κ3) is 3.10. The molecule has 3 heterocycles. The summed E-state index contributed by atoms with van der Waals surface area (Å²) in [6.45, 7) is 1.96. The van der Waals surface area contributed by atoms with E-state index in [1.54, 1.807) is 23.3 Å². The highest BCUT2D eigenvalue weighted by Gasteiger charge is 2.22. The molecule has 1 atom stereocenters. The van der Waals surface area contributed by atoms with E-state index < -0.39 is 0 Å². The Morgan fingerprint density at radius 3 is 2.90 bits per heavy atom. The number of nitrogens with two attached hydrogens (primary N) is 1. The maximum absolute atomic E-state index is 9.10. The van der Waals surface area contributed by atoms with Gasteiger partial charge in [0.25, 0.3) is 0 Å². The monoisotopic (exact) mass is 289 g/mol. The minimum atomic E-state index is 0.202. The molecule has 0 amide bonds. The molecule has 1 saturated heterocycles. The van der Waals surface area contributed by atoms with Gasteiger partial charge in [0, 0.05) is 32.1 Å². The number of piperidine rings is 1. The second kappa shape index (κ2) is 6.04. The fourth-order valence-electron chi connectivity index (χ4n) is 2.67. The topological polar surface area (TPSA) is 106 Å². The van der Waals surface area contributed by atoms with Gasteiger partial charge >= 0.3 is 0 Å². The van der Waals surface area contributed by atoms with E-state index in [-0.39, 0.29) is 12.6 Å². The van der Waals surface area contributed by atoms with Gasteiger partial charge in [-0.2, -0.15) is 15.0 Å². The first-order chi connectivity index (χ1) is 10.3. The highest BCUT2D eigenvalue weighted by molar-refractivity contribution is 5.38. The summed E-state index contributed by atoms with van der Waals surface area (Å²) in [6, 6.07) is 0. The molecule has 0 aliphatic carbocycles. The molecule has 8 nitrogen and oxygen atoms in total. The van der Waals surface area contributed by atoms with E-state index in [0.29, 0.717) is 17.8 Å². The minimum Gasteiger partial charge on any atom is -0.396 e. The van der Waals surface area contributed by atoms with Crippen LogP contribution in [0.1, 0.15) is 19.3 Å². The molecular weight excluding hydrogens is 270 g/mol. The number of imidazole rings is 1. The van der Waals surface area contributed by atoms with Crippen LogP contribution in [-0.4, -0.2) is 49.3 Å². The highest BCUT2D eigenvalue weighted by Crippen LogP contribution is 2.23. The van der Waals surface area contributed by atoms with E-state index in [1.165, 1.54) is 0 Å².